The number of rotatable bonds is 13. The van der Waals surface area contributed by atoms with Crippen molar-refractivity contribution in [2.24, 2.45) is 0 Å². The van der Waals surface area contributed by atoms with E-state index in [1.165, 1.54) is 0 Å². The summed E-state index contributed by atoms with van der Waals surface area (Å²) >= 11 is 0. The Balaban J connectivity index is 1.19. The zero-order chi connectivity index (χ0) is 52.7. The lowest BCUT2D eigenvalue weighted by atomic mass is 9.87. The van der Waals surface area contributed by atoms with Gasteiger partial charge < -0.3 is 39.4 Å². The van der Waals surface area contributed by atoms with Gasteiger partial charge in [0.15, 0.2) is 0 Å². The average Bonchev–Trinajstić information content (AvgIpc) is 3.41. The van der Waals surface area contributed by atoms with Gasteiger partial charge in [-0.15, -0.1) is 0 Å². The van der Waals surface area contributed by atoms with Crippen molar-refractivity contribution in [3.05, 3.63) is 222 Å². The second-order valence-electron chi connectivity index (χ2n) is 20.6. The molecule has 0 aromatic heterocycles. The van der Waals surface area contributed by atoms with E-state index >= 15 is 0 Å². The molecule has 8 nitrogen and oxygen atoms in total. The fourth-order valence-corrected chi connectivity index (χ4v) is 11.1. The minimum absolute atomic E-state index is 0.207. The van der Waals surface area contributed by atoms with Gasteiger partial charge in [-0.2, -0.15) is 0 Å². The van der Waals surface area contributed by atoms with Crippen molar-refractivity contribution in [1.82, 2.24) is 0 Å². The van der Waals surface area contributed by atoms with Gasteiger partial charge in [-0.3, -0.25) is 0 Å². The first-order valence-electron chi connectivity index (χ1n) is 27.4. The van der Waals surface area contributed by atoms with E-state index in [1.54, 1.807) is 0 Å². The predicted octanol–water partition coefficient (Wildman–Crippen LogP) is 14.7. The minimum Gasteiger partial charge on any atom is -0.507 e. The van der Waals surface area contributed by atoms with Gasteiger partial charge in [-0.25, -0.2) is 0 Å². The van der Waals surface area contributed by atoms with Crippen LogP contribution < -0.4 is 18.9 Å². The summed E-state index contributed by atoms with van der Waals surface area (Å²) in [6.45, 7) is 10.4. The highest BCUT2D eigenvalue weighted by Crippen LogP contribution is 2.44. The first-order valence-corrected chi connectivity index (χ1v) is 27.4. The lowest BCUT2D eigenvalue weighted by Crippen LogP contribution is -2.08. The number of fused-ring (bicyclic) bond motifs is 16. The third-order valence-corrected chi connectivity index (χ3v) is 14.8. The minimum atomic E-state index is 0.207. The number of para-hydroxylation sites is 6. The molecule has 76 heavy (non-hydrogen) atoms. The van der Waals surface area contributed by atoms with Gasteiger partial charge in [0.05, 0.1) is 26.4 Å². The van der Waals surface area contributed by atoms with Crippen LogP contribution in [0.1, 0.15) is 142 Å². The van der Waals surface area contributed by atoms with Crippen molar-refractivity contribution in [3.8, 4) is 57.1 Å². The van der Waals surface area contributed by atoms with Crippen molar-refractivity contribution in [1.29, 1.82) is 0 Å². The monoisotopic (exact) mass is 1010 g/mol. The number of hydrogen-bond donors (Lipinski definition) is 4. The second kappa shape index (κ2) is 23.4. The Kier molecular flexibility index (Phi) is 15.9. The highest BCUT2D eigenvalue weighted by Gasteiger charge is 2.25. The first kappa shape index (κ1) is 51.6. The number of phenolic OH excluding ortho intramolecular Hbond substituents is 4. The fourth-order valence-electron chi connectivity index (χ4n) is 11.1. The Labute approximate surface area is 448 Å². The van der Waals surface area contributed by atoms with Crippen molar-refractivity contribution >= 4 is 0 Å². The van der Waals surface area contributed by atoms with Crippen LogP contribution in [0.15, 0.2) is 133 Å². The van der Waals surface area contributed by atoms with Crippen molar-refractivity contribution in [3.63, 3.8) is 0 Å². The Bertz CT molecular complexity index is 3190. The molecule has 0 fully saturated rings. The molecule has 2 aliphatic rings. The molecule has 390 valence electrons. The zero-order valence-corrected chi connectivity index (χ0v) is 44.4. The smallest absolute Gasteiger partial charge is 0.126 e. The van der Waals surface area contributed by atoms with Crippen LogP contribution in [0.25, 0.3) is 11.1 Å². The number of aromatic hydroxyl groups is 4. The summed E-state index contributed by atoms with van der Waals surface area (Å²) in [5.74, 6) is 4.00. The van der Waals surface area contributed by atoms with Crippen LogP contribution in [0.3, 0.4) is 0 Å². The molecule has 0 spiro atoms. The quantitative estimate of drug-likeness (QED) is 0.0902. The van der Waals surface area contributed by atoms with Crippen LogP contribution in [0.4, 0.5) is 0 Å². The molecule has 10 rings (SSSR count). The third kappa shape index (κ3) is 11.0. The van der Waals surface area contributed by atoms with E-state index in [-0.39, 0.29) is 23.0 Å². The molecule has 8 aromatic carbocycles. The molecule has 0 atom stereocenters. The molecule has 0 saturated carbocycles. The standard InChI is InChI=1S/C68H70O8/c1-5-27-73-65-49-21-12-22-50(65)34-46-18-11-20-48(63(46)71)36-60-42-56(41-59(68(60)76-30-8-4)35-47-19-10-17-45(33-49)62(47)70)55-39-57-37-53-25-13-23-51(66(53)74-28-6-2)31-43-15-9-16-44(61(43)69)32-52-24-14-26-54(67(52)75-29-7-3)38-58(40-55)64(57)72/h9-26,39-42,69-72H,5-8,27-38H2,1-4H3. The Morgan fingerprint density at radius 3 is 0.697 bits per heavy atom. The summed E-state index contributed by atoms with van der Waals surface area (Å²) in [6.07, 6.45) is 6.58. The SMILES string of the molecule is CCCOc1c2cccc1Cc1cccc(c1O)Cc1cc(-c3cc4c(O)c(c3)Cc3cccc(c3OCCC)Cc3cccc(c3O)Cc3cccc(c3OCCC)C4)cc(c1OCCC)Cc1cccc(c1O)C2. The molecule has 0 unspecified atom stereocenters. The van der Waals surface area contributed by atoms with Crippen LogP contribution in [0.5, 0.6) is 46.0 Å². The lowest BCUT2D eigenvalue weighted by molar-refractivity contribution is 0.311. The summed E-state index contributed by atoms with van der Waals surface area (Å²) < 4.78 is 26.6. The Morgan fingerprint density at radius 1 is 0.263 bits per heavy atom. The summed E-state index contributed by atoms with van der Waals surface area (Å²) in [6, 6.07) is 45.1. The molecule has 0 amide bonds. The van der Waals surface area contributed by atoms with E-state index in [4.69, 9.17) is 18.9 Å². The summed E-state index contributed by atoms with van der Waals surface area (Å²) in [5, 5.41) is 49.2. The van der Waals surface area contributed by atoms with E-state index in [0.29, 0.717) is 77.8 Å². The third-order valence-electron chi connectivity index (χ3n) is 14.8. The van der Waals surface area contributed by atoms with E-state index in [2.05, 4.69) is 88.4 Å². The molecule has 16 bridgehead atoms. The average molecular weight is 1020 g/mol. The maximum absolute atomic E-state index is 12.7. The molecule has 4 N–H and O–H groups in total. The summed E-state index contributed by atoms with van der Waals surface area (Å²) in [7, 11) is 0. The number of ether oxygens (including phenoxy) is 4. The van der Waals surface area contributed by atoms with E-state index in [9.17, 15) is 20.4 Å². The highest BCUT2D eigenvalue weighted by molar-refractivity contribution is 5.73. The Hall–Kier alpha value is -7.84. The highest BCUT2D eigenvalue weighted by atomic mass is 16.5. The topological polar surface area (TPSA) is 118 Å². The van der Waals surface area contributed by atoms with Gasteiger partial charge in [0, 0.05) is 51.4 Å². The maximum atomic E-state index is 12.7. The van der Waals surface area contributed by atoms with Crippen LogP contribution in [-0.2, 0) is 51.4 Å². The number of phenols is 4. The maximum Gasteiger partial charge on any atom is 0.126 e. The van der Waals surface area contributed by atoms with Gasteiger partial charge >= 0.3 is 0 Å². The van der Waals surface area contributed by atoms with Crippen LogP contribution >= 0.6 is 0 Å². The number of benzene rings is 8. The van der Waals surface area contributed by atoms with Crippen LogP contribution in [0.2, 0.25) is 0 Å². The molecule has 0 heterocycles. The molecule has 0 radical (unpaired) electrons. The van der Waals surface area contributed by atoms with Crippen LogP contribution in [0, 0.1) is 0 Å². The van der Waals surface area contributed by atoms with Gasteiger partial charge in [-0.1, -0.05) is 137 Å². The molecular weight excluding hydrogens is 945 g/mol. The van der Waals surface area contributed by atoms with E-state index in [1.807, 2.05) is 72.8 Å². The summed E-state index contributed by atoms with van der Waals surface area (Å²) in [5.41, 5.74) is 15.5. The lowest BCUT2D eigenvalue weighted by Gasteiger charge is -2.22. The Morgan fingerprint density at radius 2 is 0.447 bits per heavy atom. The van der Waals surface area contributed by atoms with Crippen molar-refractivity contribution < 1.29 is 39.4 Å². The fraction of sp³-hybridized carbons (Fsp3) is 0.294. The van der Waals surface area contributed by atoms with Gasteiger partial charge in [0.2, 0.25) is 0 Å². The van der Waals surface area contributed by atoms with Crippen molar-refractivity contribution in [2.75, 3.05) is 26.4 Å². The van der Waals surface area contributed by atoms with Gasteiger partial charge in [0.25, 0.3) is 0 Å². The van der Waals surface area contributed by atoms with E-state index < -0.39 is 0 Å². The normalized spacial score (nSPS) is 12.9. The first-order chi connectivity index (χ1) is 37.1. The number of hydrogen-bond acceptors (Lipinski definition) is 8. The molecule has 2 aliphatic carbocycles. The molecule has 8 heteroatoms. The largest absolute Gasteiger partial charge is 0.507 e. The zero-order valence-electron chi connectivity index (χ0n) is 44.4. The predicted molar refractivity (Wildman–Crippen MR) is 303 cm³/mol. The second-order valence-corrected chi connectivity index (χ2v) is 20.6. The molecule has 0 saturated heterocycles. The van der Waals surface area contributed by atoms with E-state index in [0.717, 1.165) is 149 Å². The van der Waals surface area contributed by atoms with Crippen LogP contribution in [-0.4, -0.2) is 46.9 Å². The van der Waals surface area contributed by atoms with Gasteiger partial charge in [0.1, 0.15) is 46.0 Å². The molecule has 0 aliphatic heterocycles. The van der Waals surface area contributed by atoms with Crippen molar-refractivity contribution in [2.45, 2.75) is 105 Å². The van der Waals surface area contributed by atoms with Gasteiger partial charge in [-0.05, 0) is 150 Å². The molecule has 8 aromatic rings. The summed E-state index contributed by atoms with van der Waals surface area (Å²) in [4.78, 5) is 0. The molecular formula is C68H70O8.